The van der Waals surface area contributed by atoms with Crippen molar-refractivity contribution in [2.75, 3.05) is 57.5 Å². The van der Waals surface area contributed by atoms with Crippen LogP contribution in [-0.2, 0) is 4.74 Å². The second kappa shape index (κ2) is 8.79. The van der Waals surface area contributed by atoms with Gasteiger partial charge in [0, 0.05) is 57.7 Å². The van der Waals surface area contributed by atoms with E-state index in [2.05, 4.69) is 41.0 Å². The topological polar surface area (TPSA) is 56.4 Å². The highest BCUT2D eigenvalue weighted by Crippen LogP contribution is 2.30. The SMILES string of the molecule is COC1C(C)CNC(CSc2nc3cc(N4CCN(C)CC4)c(F)cc3[nH]2)C1C. The Morgan fingerprint density at radius 2 is 2.00 bits per heavy atom. The molecule has 29 heavy (non-hydrogen) atoms. The molecule has 4 atom stereocenters. The Balaban J connectivity index is 1.45. The lowest BCUT2D eigenvalue weighted by Crippen LogP contribution is -2.53. The maximum absolute atomic E-state index is 14.7. The molecule has 1 aromatic heterocycles. The van der Waals surface area contributed by atoms with Crippen LogP contribution in [0.2, 0.25) is 0 Å². The second-order valence-electron chi connectivity index (χ2n) is 8.52. The minimum atomic E-state index is -0.179. The minimum Gasteiger partial charge on any atom is -0.381 e. The summed E-state index contributed by atoms with van der Waals surface area (Å²) in [5.41, 5.74) is 2.25. The van der Waals surface area contributed by atoms with Gasteiger partial charge in [0.05, 0.1) is 22.8 Å². The van der Waals surface area contributed by atoms with Gasteiger partial charge in [-0.25, -0.2) is 9.37 Å². The third-order valence-electron chi connectivity index (χ3n) is 6.46. The molecule has 2 fully saturated rings. The molecule has 0 aliphatic carbocycles. The molecular weight excluding hydrogens is 389 g/mol. The minimum absolute atomic E-state index is 0.179. The molecule has 2 aromatic rings. The van der Waals surface area contributed by atoms with E-state index in [1.807, 2.05) is 6.07 Å². The van der Waals surface area contributed by atoms with Crippen LogP contribution in [0.5, 0.6) is 0 Å². The molecule has 160 valence electrons. The highest BCUT2D eigenvalue weighted by atomic mass is 32.2. The van der Waals surface area contributed by atoms with Crippen molar-refractivity contribution < 1.29 is 9.13 Å². The normalized spacial score (nSPS) is 28.9. The maximum atomic E-state index is 14.7. The Morgan fingerprint density at radius 3 is 2.72 bits per heavy atom. The van der Waals surface area contributed by atoms with Crippen LogP contribution in [0.15, 0.2) is 17.3 Å². The van der Waals surface area contributed by atoms with E-state index in [-0.39, 0.29) is 11.9 Å². The van der Waals surface area contributed by atoms with E-state index < -0.39 is 0 Å². The number of thioether (sulfide) groups is 1. The molecule has 3 heterocycles. The summed E-state index contributed by atoms with van der Waals surface area (Å²) in [4.78, 5) is 12.4. The number of piperazine rings is 1. The molecule has 0 saturated carbocycles. The van der Waals surface area contributed by atoms with Crippen LogP contribution in [0.4, 0.5) is 10.1 Å². The summed E-state index contributed by atoms with van der Waals surface area (Å²) >= 11 is 1.69. The van der Waals surface area contributed by atoms with Crippen molar-refractivity contribution >= 4 is 28.5 Å². The van der Waals surface area contributed by atoms with Gasteiger partial charge in [-0.05, 0) is 24.9 Å². The number of rotatable bonds is 5. The second-order valence-corrected chi connectivity index (χ2v) is 9.52. The van der Waals surface area contributed by atoms with Crippen LogP contribution < -0.4 is 10.2 Å². The number of nitrogens with zero attached hydrogens (tertiary/aromatic N) is 3. The quantitative estimate of drug-likeness (QED) is 0.724. The van der Waals surface area contributed by atoms with Crippen LogP contribution in [0.3, 0.4) is 0 Å². The largest absolute Gasteiger partial charge is 0.381 e. The molecule has 2 saturated heterocycles. The molecule has 0 amide bonds. The molecule has 1 aromatic carbocycles. The molecule has 4 unspecified atom stereocenters. The van der Waals surface area contributed by atoms with Crippen molar-refractivity contribution in [2.24, 2.45) is 11.8 Å². The van der Waals surface area contributed by atoms with Crippen LogP contribution in [0, 0.1) is 17.7 Å². The Hall–Kier alpha value is -1.35. The summed E-state index contributed by atoms with van der Waals surface area (Å²) in [6, 6.07) is 3.84. The molecule has 0 bridgehead atoms. The van der Waals surface area contributed by atoms with Gasteiger partial charge >= 0.3 is 0 Å². The number of hydrogen-bond donors (Lipinski definition) is 2. The predicted molar refractivity (Wildman–Crippen MR) is 117 cm³/mol. The van der Waals surface area contributed by atoms with E-state index in [4.69, 9.17) is 9.72 Å². The van der Waals surface area contributed by atoms with Gasteiger partial charge in [0.15, 0.2) is 5.16 Å². The van der Waals surface area contributed by atoms with Gasteiger partial charge in [-0.3, -0.25) is 0 Å². The molecule has 4 rings (SSSR count). The van der Waals surface area contributed by atoms with Gasteiger partial charge in [0.1, 0.15) is 5.82 Å². The zero-order valence-electron chi connectivity index (χ0n) is 17.7. The van der Waals surface area contributed by atoms with Gasteiger partial charge in [0.25, 0.3) is 0 Å². The fourth-order valence-corrected chi connectivity index (χ4v) is 5.67. The maximum Gasteiger partial charge on any atom is 0.166 e. The first-order valence-corrected chi connectivity index (χ1v) is 11.5. The zero-order chi connectivity index (χ0) is 20.5. The average Bonchev–Trinajstić information content (AvgIpc) is 3.09. The van der Waals surface area contributed by atoms with E-state index in [0.717, 1.165) is 54.7 Å². The lowest BCUT2D eigenvalue weighted by Gasteiger charge is -2.40. The molecule has 2 N–H and O–H groups in total. The fourth-order valence-electron chi connectivity index (χ4n) is 4.57. The Morgan fingerprint density at radius 1 is 1.24 bits per heavy atom. The molecule has 0 radical (unpaired) electrons. The predicted octanol–water partition coefficient (Wildman–Crippen LogP) is 2.80. The number of benzene rings is 1. The van der Waals surface area contributed by atoms with Crippen molar-refractivity contribution in [3.8, 4) is 0 Å². The molecular formula is C21H32FN5OS. The van der Waals surface area contributed by atoms with Crippen LogP contribution in [0.1, 0.15) is 13.8 Å². The number of anilines is 1. The van der Waals surface area contributed by atoms with Crippen molar-refractivity contribution in [1.29, 1.82) is 0 Å². The zero-order valence-corrected chi connectivity index (χ0v) is 18.6. The lowest BCUT2D eigenvalue weighted by atomic mass is 9.84. The first-order valence-electron chi connectivity index (χ1n) is 10.5. The van der Waals surface area contributed by atoms with Gasteiger partial charge in [-0.15, -0.1) is 0 Å². The number of aromatic amines is 1. The third kappa shape index (κ3) is 4.40. The molecule has 2 aliphatic heterocycles. The fraction of sp³-hybridized carbons (Fsp3) is 0.667. The summed E-state index contributed by atoms with van der Waals surface area (Å²) in [6.45, 7) is 9.03. The van der Waals surface area contributed by atoms with Crippen molar-refractivity contribution in [3.05, 3.63) is 17.9 Å². The van der Waals surface area contributed by atoms with Gasteiger partial charge in [-0.2, -0.15) is 0 Å². The van der Waals surface area contributed by atoms with E-state index in [1.165, 1.54) is 0 Å². The summed E-state index contributed by atoms with van der Waals surface area (Å²) in [6.07, 6.45) is 0.276. The molecule has 6 nitrogen and oxygen atoms in total. The number of fused-ring (bicyclic) bond motifs is 1. The number of H-pyrrole nitrogens is 1. The smallest absolute Gasteiger partial charge is 0.166 e. The number of aromatic nitrogens is 2. The standard InChI is InChI=1S/C21H32FN5OS/c1-13-11-23-18(14(2)20(13)28-4)12-29-21-24-16-9-15(22)19(10-17(16)25-21)27-7-5-26(3)6-8-27/h9-10,13-14,18,20,23H,5-8,11-12H2,1-4H3,(H,24,25). The van der Waals surface area contributed by atoms with Crippen molar-refractivity contribution in [2.45, 2.75) is 31.1 Å². The van der Waals surface area contributed by atoms with Crippen molar-refractivity contribution in [1.82, 2.24) is 20.2 Å². The Kier molecular flexibility index (Phi) is 6.34. The summed E-state index contributed by atoms with van der Waals surface area (Å²) in [5.74, 6) is 1.67. The van der Waals surface area contributed by atoms with Gasteiger partial charge < -0.3 is 24.8 Å². The summed E-state index contributed by atoms with van der Waals surface area (Å²) in [7, 11) is 3.91. The third-order valence-corrected chi connectivity index (χ3v) is 7.45. The van der Waals surface area contributed by atoms with Crippen molar-refractivity contribution in [3.63, 3.8) is 0 Å². The number of hydrogen-bond acceptors (Lipinski definition) is 6. The first kappa shape index (κ1) is 20.9. The number of piperidine rings is 1. The van der Waals surface area contributed by atoms with Crippen LogP contribution in [0.25, 0.3) is 11.0 Å². The first-order chi connectivity index (χ1) is 14.0. The number of nitrogens with one attached hydrogen (secondary N) is 2. The highest BCUT2D eigenvalue weighted by molar-refractivity contribution is 7.99. The summed E-state index contributed by atoms with van der Waals surface area (Å²) in [5, 5.41) is 4.48. The average molecular weight is 422 g/mol. The number of imidazole rings is 1. The van der Waals surface area contributed by atoms with E-state index in [1.54, 1.807) is 24.9 Å². The lowest BCUT2D eigenvalue weighted by molar-refractivity contribution is -0.0135. The van der Waals surface area contributed by atoms with Crippen LogP contribution >= 0.6 is 11.8 Å². The van der Waals surface area contributed by atoms with Gasteiger partial charge in [-0.1, -0.05) is 25.6 Å². The molecule has 0 spiro atoms. The number of likely N-dealkylation sites (N-methyl/N-ethyl adjacent to an activating group) is 1. The molecule has 8 heteroatoms. The number of ether oxygens (including phenoxy) is 1. The Labute approximate surface area is 176 Å². The van der Waals surface area contributed by atoms with Crippen LogP contribution in [-0.4, -0.2) is 79.6 Å². The van der Waals surface area contributed by atoms with E-state index in [0.29, 0.717) is 23.6 Å². The molecule has 2 aliphatic rings. The summed E-state index contributed by atoms with van der Waals surface area (Å²) < 4.78 is 20.4. The Bertz CT molecular complexity index is 838. The number of halogens is 1. The highest BCUT2D eigenvalue weighted by Gasteiger charge is 2.34. The van der Waals surface area contributed by atoms with E-state index >= 15 is 0 Å². The van der Waals surface area contributed by atoms with Gasteiger partial charge in [0.2, 0.25) is 0 Å². The van der Waals surface area contributed by atoms with E-state index in [9.17, 15) is 4.39 Å². The monoisotopic (exact) mass is 421 g/mol. The number of methoxy groups -OCH3 is 1.